The number of nitrogens with one attached hydrogen (secondary N) is 2. The molecule has 154 valence electrons. The van der Waals surface area contributed by atoms with Crippen molar-refractivity contribution >= 4 is 28.6 Å². The Bertz CT molecular complexity index is 1150. The summed E-state index contributed by atoms with van der Waals surface area (Å²) in [7, 11) is 0. The first-order valence-electron chi connectivity index (χ1n) is 10.4. The van der Waals surface area contributed by atoms with E-state index in [0.717, 1.165) is 25.7 Å². The third kappa shape index (κ3) is 3.30. The summed E-state index contributed by atoms with van der Waals surface area (Å²) in [5.41, 5.74) is 2.13. The molecule has 1 aliphatic heterocycles. The lowest BCUT2D eigenvalue weighted by atomic mass is 9.84. The number of amides is 2. The number of carbonyl (C=O) groups excluding carboxylic acids is 2. The number of nitrogens with zero attached hydrogens (tertiary/aromatic N) is 1. The second-order valence-electron chi connectivity index (χ2n) is 8.16. The van der Waals surface area contributed by atoms with Gasteiger partial charge in [0.05, 0.1) is 5.52 Å². The molecule has 7 nitrogen and oxygen atoms in total. The molecule has 3 aromatic rings. The summed E-state index contributed by atoms with van der Waals surface area (Å²) < 4.78 is 5.01. The Kier molecular flexibility index (Phi) is 4.65. The van der Waals surface area contributed by atoms with Gasteiger partial charge in [-0.2, -0.15) is 0 Å². The fourth-order valence-electron chi connectivity index (χ4n) is 4.97. The normalized spacial score (nSPS) is 23.3. The molecule has 2 heterocycles. The van der Waals surface area contributed by atoms with E-state index in [9.17, 15) is 14.4 Å². The minimum absolute atomic E-state index is 0.0835. The van der Waals surface area contributed by atoms with Gasteiger partial charge in [-0.25, -0.2) is 4.79 Å². The average molecular weight is 405 g/mol. The van der Waals surface area contributed by atoms with Gasteiger partial charge < -0.3 is 14.6 Å². The Labute approximate surface area is 173 Å². The molecule has 1 aromatic heterocycles. The molecule has 5 rings (SSSR count). The highest BCUT2D eigenvalue weighted by molar-refractivity contribution is 6.02. The van der Waals surface area contributed by atoms with Crippen molar-refractivity contribution in [2.24, 2.45) is 5.92 Å². The number of oxazole rings is 1. The molecule has 0 bridgehead atoms. The van der Waals surface area contributed by atoms with Gasteiger partial charge in [-0.1, -0.05) is 31.0 Å². The number of carbonyl (C=O) groups is 2. The Morgan fingerprint density at radius 2 is 1.87 bits per heavy atom. The molecule has 2 aliphatic rings. The minimum Gasteiger partial charge on any atom is -0.408 e. The largest absolute Gasteiger partial charge is 0.417 e. The van der Waals surface area contributed by atoms with Crippen LogP contribution in [0.25, 0.3) is 11.1 Å². The molecule has 7 heteroatoms. The third-order valence-corrected chi connectivity index (χ3v) is 6.33. The lowest BCUT2D eigenvalue weighted by Gasteiger charge is -2.33. The zero-order valence-corrected chi connectivity index (χ0v) is 16.5. The zero-order chi connectivity index (χ0) is 20.7. The lowest BCUT2D eigenvalue weighted by Crippen LogP contribution is -2.47. The maximum atomic E-state index is 13.3. The van der Waals surface area contributed by atoms with E-state index >= 15 is 0 Å². The summed E-state index contributed by atoms with van der Waals surface area (Å²) in [4.78, 5) is 42.4. The van der Waals surface area contributed by atoms with Crippen LogP contribution >= 0.6 is 0 Å². The van der Waals surface area contributed by atoms with Crippen molar-refractivity contribution < 1.29 is 14.0 Å². The van der Waals surface area contributed by atoms with Gasteiger partial charge in [-0.15, -0.1) is 0 Å². The average Bonchev–Trinajstić information content (AvgIpc) is 3.33. The van der Waals surface area contributed by atoms with Crippen LogP contribution in [0.15, 0.2) is 57.7 Å². The molecule has 3 atom stereocenters. The Hall–Kier alpha value is -3.35. The van der Waals surface area contributed by atoms with E-state index in [1.165, 1.54) is 0 Å². The molecule has 30 heavy (non-hydrogen) atoms. The first kappa shape index (κ1) is 18.7. The number of fused-ring (bicyclic) bond motifs is 2. The third-order valence-electron chi connectivity index (χ3n) is 6.33. The molecule has 2 N–H and O–H groups in total. The second kappa shape index (κ2) is 7.48. The molecule has 1 aliphatic carbocycles. The van der Waals surface area contributed by atoms with E-state index in [0.29, 0.717) is 34.7 Å². The highest BCUT2D eigenvalue weighted by atomic mass is 16.4. The predicted octanol–water partition coefficient (Wildman–Crippen LogP) is 3.53. The molecule has 0 spiro atoms. The number of hydrogen-bond donors (Lipinski definition) is 2. The van der Waals surface area contributed by atoms with Crippen LogP contribution in [0.2, 0.25) is 0 Å². The molecule has 0 radical (unpaired) electrons. The monoisotopic (exact) mass is 405 g/mol. The minimum atomic E-state index is -0.534. The van der Waals surface area contributed by atoms with Crippen molar-refractivity contribution in [3.8, 4) is 0 Å². The van der Waals surface area contributed by atoms with E-state index in [1.54, 1.807) is 30.3 Å². The lowest BCUT2D eigenvalue weighted by molar-refractivity contribution is -0.120. The van der Waals surface area contributed by atoms with Gasteiger partial charge in [0, 0.05) is 17.3 Å². The maximum Gasteiger partial charge on any atom is 0.417 e. The standard InChI is InChI=1S/C23H23N3O4/c27-21(24-16-10-11-20-17(13-16)25-23(29)30-20)19-12-15-8-4-5-9-18(15)26(19)22(28)14-6-2-1-3-7-14/h1-3,6-7,10-11,13,15,18-19H,4-5,8-9,12H2,(H,24,27)(H,25,29). The topological polar surface area (TPSA) is 95.4 Å². The Balaban J connectivity index is 1.43. The smallest absolute Gasteiger partial charge is 0.408 e. The van der Waals surface area contributed by atoms with Crippen molar-refractivity contribution in [2.45, 2.75) is 44.2 Å². The number of aromatic nitrogens is 1. The van der Waals surface area contributed by atoms with Crippen molar-refractivity contribution in [1.82, 2.24) is 9.88 Å². The summed E-state index contributed by atoms with van der Waals surface area (Å²) >= 11 is 0. The number of aromatic amines is 1. The van der Waals surface area contributed by atoms with Crippen LogP contribution in [0.3, 0.4) is 0 Å². The van der Waals surface area contributed by atoms with Crippen LogP contribution in [0.5, 0.6) is 0 Å². The number of likely N-dealkylation sites (tertiary alicyclic amines) is 1. The van der Waals surface area contributed by atoms with E-state index in [2.05, 4.69) is 10.3 Å². The van der Waals surface area contributed by atoms with Crippen molar-refractivity contribution in [2.75, 3.05) is 5.32 Å². The van der Waals surface area contributed by atoms with Gasteiger partial charge in [0.15, 0.2) is 5.58 Å². The zero-order valence-electron chi connectivity index (χ0n) is 16.5. The van der Waals surface area contributed by atoms with Gasteiger partial charge in [0.25, 0.3) is 5.91 Å². The fraction of sp³-hybridized carbons (Fsp3) is 0.348. The summed E-state index contributed by atoms with van der Waals surface area (Å²) in [6.45, 7) is 0. The first-order chi connectivity index (χ1) is 14.6. The summed E-state index contributed by atoms with van der Waals surface area (Å²) in [5.74, 6) is -0.457. The number of rotatable bonds is 3. The van der Waals surface area contributed by atoms with Crippen LogP contribution in [0.4, 0.5) is 5.69 Å². The van der Waals surface area contributed by atoms with E-state index in [1.807, 2.05) is 23.1 Å². The first-order valence-corrected chi connectivity index (χ1v) is 10.4. The van der Waals surface area contributed by atoms with Gasteiger partial charge in [-0.3, -0.25) is 14.6 Å². The number of benzene rings is 2. The van der Waals surface area contributed by atoms with E-state index in [4.69, 9.17) is 4.42 Å². The molecule has 1 saturated heterocycles. The SMILES string of the molecule is O=C(Nc1ccc2oc(=O)[nH]c2c1)C1CC2CCCCC2N1C(=O)c1ccccc1. The van der Waals surface area contributed by atoms with Gasteiger partial charge >= 0.3 is 5.76 Å². The van der Waals surface area contributed by atoms with Gasteiger partial charge in [0.1, 0.15) is 6.04 Å². The number of H-pyrrole nitrogens is 1. The van der Waals surface area contributed by atoms with Crippen LogP contribution < -0.4 is 11.1 Å². The molecule has 2 fully saturated rings. The summed E-state index contributed by atoms with van der Waals surface area (Å²) in [6.07, 6.45) is 4.90. The second-order valence-corrected chi connectivity index (χ2v) is 8.16. The maximum absolute atomic E-state index is 13.3. The predicted molar refractivity (Wildman–Crippen MR) is 112 cm³/mol. The van der Waals surface area contributed by atoms with Crippen LogP contribution in [0.1, 0.15) is 42.5 Å². The highest BCUT2D eigenvalue weighted by Gasteiger charge is 2.47. The van der Waals surface area contributed by atoms with Crippen molar-refractivity contribution in [3.63, 3.8) is 0 Å². The van der Waals surface area contributed by atoms with Gasteiger partial charge in [0.2, 0.25) is 5.91 Å². The quantitative estimate of drug-likeness (QED) is 0.697. The van der Waals surface area contributed by atoms with Crippen molar-refractivity contribution in [3.05, 3.63) is 64.6 Å². The summed E-state index contributed by atoms with van der Waals surface area (Å²) in [5, 5.41) is 2.93. The highest BCUT2D eigenvalue weighted by Crippen LogP contribution is 2.40. The van der Waals surface area contributed by atoms with E-state index < -0.39 is 11.8 Å². The van der Waals surface area contributed by atoms with Crippen LogP contribution in [-0.4, -0.2) is 33.8 Å². The molecule has 3 unspecified atom stereocenters. The number of anilines is 1. The van der Waals surface area contributed by atoms with Crippen LogP contribution in [-0.2, 0) is 4.79 Å². The molecule has 2 amide bonds. The fourth-order valence-corrected chi connectivity index (χ4v) is 4.97. The number of hydrogen-bond acceptors (Lipinski definition) is 4. The molecule has 1 saturated carbocycles. The Morgan fingerprint density at radius 3 is 2.70 bits per heavy atom. The molecular weight excluding hydrogens is 382 g/mol. The molecular formula is C23H23N3O4. The Morgan fingerprint density at radius 1 is 1.07 bits per heavy atom. The molecule has 2 aromatic carbocycles. The summed E-state index contributed by atoms with van der Waals surface area (Å²) in [6, 6.07) is 13.8. The van der Waals surface area contributed by atoms with E-state index in [-0.39, 0.29) is 17.9 Å². The van der Waals surface area contributed by atoms with Crippen molar-refractivity contribution in [1.29, 1.82) is 0 Å². The van der Waals surface area contributed by atoms with Gasteiger partial charge in [-0.05, 0) is 55.5 Å². The van der Waals surface area contributed by atoms with Crippen LogP contribution in [0, 0.1) is 5.92 Å².